The van der Waals surface area contributed by atoms with Gasteiger partial charge in [-0.25, -0.2) is 23.4 Å². The van der Waals surface area contributed by atoms with Crippen molar-refractivity contribution in [2.24, 2.45) is 0 Å². The molecule has 2 heterocycles. The Labute approximate surface area is 201 Å². The number of rotatable bonds is 6. The van der Waals surface area contributed by atoms with Crippen molar-refractivity contribution < 1.29 is 18.1 Å². The molecule has 1 unspecified atom stereocenters. The van der Waals surface area contributed by atoms with Gasteiger partial charge >= 0.3 is 6.09 Å². The van der Waals surface area contributed by atoms with Crippen LogP contribution in [0.25, 0.3) is 0 Å². The van der Waals surface area contributed by atoms with E-state index in [0.29, 0.717) is 10.6 Å². The monoisotopic (exact) mass is 516 g/mol. The summed E-state index contributed by atoms with van der Waals surface area (Å²) in [6, 6.07) is 5.62. The third-order valence-electron chi connectivity index (χ3n) is 3.82. The molecule has 0 aliphatic carbocycles. The number of pyridine rings is 1. The topological polar surface area (TPSA) is 84.4 Å². The second-order valence-electron chi connectivity index (χ2n) is 7.46. The van der Waals surface area contributed by atoms with Gasteiger partial charge < -0.3 is 10.1 Å². The summed E-state index contributed by atoms with van der Waals surface area (Å²) in [7, 11) is -2.03. The average molecular weight is 517 g/mol. The molecule has 0 saturated carbocycles. The summed E-state index contributed by atoms with van der Waals surface area (Å²) in [5, 5.41) is 5.03. The largest absolute Gasteiger partial charge is 0.443 e. The van der Waals surface area contributed by atoms with E-state index in [2.05, 4.69) is 15.3 Å². The maximum atomic E-state index is 13.9. The fourth-order valence-corrected chi connectivity index (χ4v) is 4.56. The van der Waals surface area contributed by atoms with Gasteiger partial charge in [-0.2, -0.15) is 4.31 Å². The zero-order chi connectivity index (χ0) is 23.5. The van der Waals surface area contributed by atoms with Crippen molar-refractivity contribution >= 4 is 63.3 Å². The third-order valence-corrected chi connectivity index (χ3v) is 6.22. The lowest BCUT2D eigenvalue weighted by molar-refractivity contribution is 0.0609. The van der Waals surface area contributed by atoms with Crippen LogP contribution in [0.4, 0.5) is 20.8 Å². The second-order valence-corrected chi connectivity index (χ2v) is 10.4. The minimum Gasteiger partial charge on any atom is -0.443 e. The Morgan fingerprint density at radius 1 is 1.28 bits per heavy atom. The third kappa shape index (κ3) is 6.16. The molecule has 1 N–H and O–H groups in total. The van der Waals surface area contributed by atoms with Gasteiger partial charge in [0.25, 0.3) is 0 Å². The van der Waals surface area contributed by atoms with Crippen LogP contribution in [0, 0.1) is 5.82 Å². The molecule has 170 valence electrons. The molecule has 3 rings (SSSR count). The van der Waals surface area contributed by atoms with Gasteiger partial charge in [-0.05, 0) is 45.0 Å². The lowest BCUT2D eigenvalue weighted by atomic mass is 10.2. The predicted octanol–water partition coefficient (Wildman–Crippen LogP) is 6.06. The molecule has 1 aromatic carbocycles. The Bertz CT molecular complexity index is 1140. The summed E-state index contributed by atoms with van der Waals surface area (Å²) in [6.45, 7) is 5.20. The number of benzene rings is 1. The number of carbonyl (C=O) groups is 1. The number of nitrogens with one attached hydrogen (secondary N) is 1. The van der Waals surface area contributed by atoms with E-state index in [-0.39, 0.29) is 28.1 Å². The number of hydrogen-bond acceptors (Lipinski definition) is 7. The van der Waals surface area contributed by atoms with E-state index in [4.69, 9.17) is 27.9 Å². The minimum atomic E-state index is -2.03. The first kappa shape index (κ1) is 24.4. The lowest BCUT2D eigenvalue weighted by Gasteiger charge is -2.25. The number of carbonyl (C=O) groups excluding carboxylic acids is 1. The second kappa shape index (κ2) is 10.1. The van der Waals surface area contributed by atoms with Crippen LogP contribution < -0.4 is 9.62 Å². The predicted molar refractivity (Wildman–Crippen MR) is 125 cm³/mol. The molecule has 0 fully saturated rings. The molecule has 2 aromatic heterocycles. The van der Waals surface area contributed by atoms with E-state index in [1.165, 1.54) is 47.3 Å². The standard InChI is InChI=1S/C20H19Cl2FN4O3S2/c1-20(2,3)30-19(28)27(17-10-31-11-26-17)32(29)14-7-15(22)18(25-9-14)24-8-12-6-13(21)4-5-16(12)23/h4-7,9-11H,8H2,1-3H3,(H,24,25). The number of anilines is 2. The molecule has 7 nitrogen and oxygen atoms in total. The van der Waals surface area contributed by atoms with Gasteiger partial charge in [0.05, 0.1) is 15.4 Å². The van der Waals surface area contributed by atoms with Crippen molar-refractivity contribution in [2.75, 3.05) is 9.62 Å². The maximum absolute atomic E-state index is 13.9. The maximum Gasteiger partial charge on any atom is 0.428 e. The number of halogens is 3. The lowest BCUT2D eigenvalue weighted by Crippen LogP contribution is -2.38. The minimum absolute atomic E-state index is 0.0877. The Balaban J connectivity index is 1.82. The number of nitrogens with zero attached hydrogens (tertiary/aromatic N) is 3. The fraction of sp³-hybridized carbons (Fsp3) is 0.250. The molecule has 3 aromatic rings. The Morgan fingerprint density at radius 3 is 2.66 bits per heavy atom. The van der Waals surface area contributed by atoms with Crippen LogP contribution in [0.2, 0.25) is 10.0 Å². The molecule has 1 amide bonds. The average Bonchev–Trinajstić information content (AvgIpc) is 3.22. The van der Waals surface area contributed by atoms with Crippen LogP contribution in [0.3, 0.4) is 0 Å². The van der Waals surface area contributed by atoms with Crippen LogP contribution in [-0.4, -0.2) is 25.9 Å². The van der Waals surface area contributed by atoms with Gasteiger partial charge in [0.2, 0.25) is 0 Å². The first-order chi connectivity index (χ1) is 15.0. The highest BCUT2D eigenvalue weighted by molar-refractivity contribution is 7.87. The molecule has 0 aliphatic heterocycles. The van der Waals surface area contributed by atoms with Crippen molar-refractivity contribution in [3.8, 4) is 0 Å². The first-order valence-electron chi connectivity index (χ1n) is 9.21. The number of hydrogen-bond donors (Lipinski definition) is 1. The van der Waals surface area contributed by atoms with Crippen molar-refractivity contribution in [1.29, 1.82) is 0 Å². The number of aromatic nitrogens is 2. The van der Waals surface area contributed by atoms with Crippen LogP contribution in [0.1, 0.15) is 26.3 Å². The van der Waals surface area contributed by atoms with Crippen LogP contribution in [0.5, 0.6) is 0 Å². The molecule has 0 saturated heterocycles. The Hall–Kier alpha value is -2.27. The van der Waals surface area contributed by atoms with Crippen molar-refractivity contribution in [3.05, 3.63) is 62.8 Å². The van der Waals surface area contributed by atoms with Crippen molar-refractivity contribution in [1.82, 2.24) is 9.97 Å². The molecule has 0 spiro atoms. The van der Waals surface area contributed by atoms with Gasteiger partial charge in [-0.1, -0.05) is 23.2 Å². The molecule has 1 atom stereocenters. The SMILES string of the molecule is CC(C)(C)OC(=O)N(c1cscn1)S(=O)c1cnc(NCc2cc(Cl)ccc2F)c(Cl)c1. The molecular formula is C20H19Cl2FN4O3S2. The molecule has 0 bridgehead atoms. The summed E-state index contributed by atoms with van der Waals surface area (Å²) in [4.78, 5) is 21.1. The van der Waals surface area contributed by atoms with Gasteiger partial charge in [0.15, 0.2) is 16.8 Å². The number of ether oxygens (including phenoxy) is 1. The highest BCUT2D eigenvalue weighted by atomic mass is 35.5. The van der Waals surface area contributed by atoms with Crippen LogP contribution >= 0.6 is 34.5 Å². The molecular weight excluding hydrogens is 498 g/mol. The van der Waals surface area contributed by atoms with E-state index in [9.17, 15) is 13.4 Å². The summed E-state index contributed by atoms with van der Waals surface area (Å²) in [5.41, 5.74) is 1.05. The summed E-state index contributed by atoms with van der Waals surface area (Å²) in [5.74, 6) is 0.00798. The molecule has 32 heavy (non-hydrogen) atoms. The van der Waals surface area contributed by atoms with Crippen LogP contribution in [0.15, 0.2) is 46.2 Å². The van der Waals surface area contributed by atoms with E-state index >= 15 is 0 Å². The zero-order valence-electron chi connectivity index (χ0n) is 17.3. The molecule has 12 heteroatoms. The highest BCUT2D eigenvalue weighted by Crippen LogP contribution is 2.27. The normalized spacial score (nSPS) is 12.3. The van der Waals surface area contributed by atoms with E-state index in [1.807, 2.05) is 0 Å². The Kier molecular flexibility index (Phi) is 7.71. The summed E-state index contributed by atoms with van der Waals surface area (Å²) in [6.07, 6.45) is 0.485. The first-order valence-corrected chi connectivity index (χ1v) is 12.0. The van der Waals surface area contributed by atoms with Crippen LogP contribution in [-0.2, 0) is 22.3 Å². The quantitative estimate of drug-likeness (QED) is 0.428. The van der Waals surface area contributed by atoms with E-state index < -0.39 is 28.5 Å². The number of amides is 1. The molecule has 0 aliphatic rings. The van der Waals surface area contributed by atoms with Gasteiger partial charge in [0, 0.05) is 28.7 Å². The highest BCUT2D eigenvalue weighted by Gasteiger charge is 2.30. The smallest absolute Gasteiger partial charge is 0.428 e. The van der Waals surface area contributed by atoms with Gasteiger partial charge in [0.1, 0.15) is 17.2 Å². The van der Waals surface area contributed by atoms with Crippen molar-refractivity contribution in [2.45, 2.75) is 37.8 Å². The molecule has 0 radical (unpaired) electrons. The van der Waals surface area contributed by atoms with E-state index in [1.54, 1.807) is 26.2 Å². The summed E-state index contributed by atoms with van der Waals surface area (Å²) >= 11 is 13.4. The van der Waals surface area contributed by atoms with E-state index in [0.717, 1.165) is 4.31 Å². The van der Waals surface area contributed by atoms with Gasteiger partial charge in [-0.15, -0.1) is 11.3 Å². The number of thiazole rings is 1. The van der Waals surface area contributed by atoms with Crippen molar-refractivity contribution in [3.63, 3.8) is 0 Å². The fourth-order valence-electron chi connectivity index (χ4n) is 2.47. The zero-order valence-corrected chi connectivity index (χ0v) is 20.4. The Morgan fingerprint density at radius 2 is 2.03 bits per heavy atom. The summed E-state index contributed by atoms with van der Waals surface area (Å²) < 4.78 is 33.4. The van der Waals surface area contributed by atoms with Gasteiger partial charge in [-0.3, -0.25) is 0 Å².